The molecule has 2 aliphatic rings. The van der Waals surface area contributed by atoms with Gasteiger partial charge in [-0.15, -0.1) is 0 Å². The summed E-state index contributed by atoms with van der Waals surface area (Å²) in [5.41, 5.74) is 0.862. The molecule has 4 rings (SSSR count). The fraction of sp³-hybridized carbons (Fsp3) is 0.500. The molecule has 2 aliphatic heterocycles. The van der Waals surface area contributed by atoms with E-state index in [1.807, 2.05) is 30.3 Å². The zero-order valence-electron chi connectivity index (χ0n) is 16.3. The van der Waals surface area contributed by atoms with Crippen LogP contribution in [0.5, 0.6) is 0 Å². The van der Waals surface area contributed by atoms with Crippen molar-refractivity contribution in [2.24, 2.45) is 5.92 Å². The van der Waals surface area contributed by atoms with Crippen LogP contribution in [-0.4, -0.2) is 51.9 Å². The van der Waals surface area contributed by atoms with E-state index in [4.69, 9.17) is 16.6 Å². The van der Waals surface area contributed by atoms with E-state index in [1.165, 1.54) is 0 Å². The molecule has 3 atom stereocenters. The number of thiocarbonyl (C=S) groups is 1. The van der Waals surface area contributed by atoms with E-state index in [-0.39, 0.29) is 22.7 Å². The number of aryl methyl sites for hydroxylation is 1. The number of hydrogen-bond donors (Lipinski definition) is 2. The van der Waals surface area contributed by atoms with Crippen molar-refractivity contribution in [2.75, 3.05) is 13.1 Å². The van der Waals surface area contributed by atoms with Gasteiger partial charge in [-0.05, 0) is 56.6 Å². The van der Waals surface area contributed by atoms with E-state index in [0.717, 1.165) is 23.2 Å². The van der Waals surface area contributed by atoms with Crippen molar-refractivity contribution >= 4 is 39.9 Å². The number of amides is 1. The van der Waals surface area contributed by atoms with E-state index in [0.29, 0.717) is 45.2 Å². The Labute approximate surface area is 175 Å². The monoisotopic (exact) mass is 414 g/mol. The first-order valence-corrected chi connectivity index (χ1v) is 10.7. The summed E-state index contributed by atoms with van der Waals surface area (Å²) < 4.78 is 5.81. The van der Waals surface area contributed by atoms with Crippen LogP contribution in [0.3, 0.4) is 0 Å². The summed E-state index contributed by atoms with van der Waals surface area (Å²) in [6.45, 7) is 1.27. The van der Waals surface area contributed by atoms with Crippen molar-refractivity contribution in [3.05, 3.63) is 36.1 Å². The second kappa shape index (κ2) is 8.63. The number of aliphatic hydroxyl groups excluding tert-OH is 1. The second-order valence-electron chi connectivity index (χ2n) is 7.92. The molecular formula is C22H26N2O4S. The van der Waals surface area contributed by atoms with Crippen molar-refractivity contribution in [3.8, 4) is 0 Å². The molecule has 1 aromatic carbocycles. The highest BCUT2D eigenvalue weighted by atomic mass is 32.1. The van der Waals surface area contributed by atoms with Gasteiger partial charge in [0.1, 0.15) is 11.3 Å². The highest BCUT2D eigenvalue weighted by Crippen LogP contribution is 2.27. The van der Waals surface area contributed by atoms with Crippen LogP contribution in [0.1, 0.15) is 37.9 Å². The van der Waals surface area contributed by atoms with Crippen LogP contribution in [0.4, 0.5) is 0 Å². The van der Waals surface area contributed by atoms with E-state index in [9.17, 15) is 14.7 Å². The van der Waals surface area contributed by atoms with Gasteiger partial charge < -0.3 is 19.7 Å². The number of fused-ring (bicyclic) bond motifs is 1. The number of carbonyl (C=O) groups excluding carboxylic acids is 2. The van der Waals surface area contributed by atoms with E-state index in [2.05, 4.69) is 5.32 Å². The lowest BCUT2D eigenvalue weighted by Gasteiger charge is -2.27. The van der Waals surface area contributed by atoms with Crippen LogP contribution in [-0.2, 0) is 16.0 Å². The quantitative estimate of drug-likeness (QED) is 0.677. The first kappa shape index (κ1) is 20.0. The summed E-state index contributed by atoms with van der Waals surface area (Å²) in [5.74, 6) is 0.580. The number of para-hydroxylation sites is 1. The molecule has 0 saturated carbocycles. The first-order valence-electron chi connectivity index (χ1n) is 10.3. The van der Waals surface area contributed by atoms with Crippen molar-refractivity contribution in [1.29, 1.82) is 0 Å². The van der Waals surface area contributed by atoms with Gasteiger partial charge in [-0.2, -0.15) is 0 Å². The Morgan fingerprint density at radius 3 is 2.90 bits per heavy atom. The third kappa shape index (κ3) is 4.21. The zero-order chi connectivity index (χ0) is 20.4. The van der Waals surface area contributed by atoms with Crippen molar-refractivity contribution in [1.82, 2.24) is 10.2 Å². The number of nitrogens with zero attached hydrogens (tertiary/aromatic N) is 1. The summed E-state index contributed by atoms with van der Waals surface area (Å²) in [4.78, 5) is 27.6. The van der Waals surface area contributed by atoms with Gasteiger partial charge in [0.15, 0.2) is 10.8 Å². The van der Waals surface area contributed by atoms with E-state index >= 15 is 0 Å². The van der Waals surface area contributed by atoms with Gasteiger partial charge >= 0.3 is 0 Å². The third-order valence-electron chi connectivity index (χ3n) is 6.05. The maximum absolute atomic E-state index is 13.1. The predicted molar refractivity (Wildman–Crippen MR) is 114 cm³/mol. The van der Waals surface area contributed by atoms with Gasteiger partial charge in [-0.25, -0.2) is 0 Å². The zero-order valence-corrected chi connectivity index (χ0v) is 17.1. The highest BCUT2D eigenvalue weighted by Gasteiger charge is 2.42. The number of rotatable bonds is 7. The lowest BCUT2D eigenvalue weighted by Crippen LogP contribution is -2.47. The van der Waals surface area contributed by atoms with Gasteiger partial charge in [0.05, 0.1) is 12.1 Å². The number of benzene rings is 1. The molecule has 29 heavy (non-hydrogen) atoms. The van der Waals surface area contributed by atoms with Crippen LogP contribution < -0.4 is 5.32 Å². The molecule has 3 heterocycles. The lowest BCUT2D eigenvalue weighted by atomic mass is 9.90. The fourth-order valence-electron chi connectivity index (χ4n) is 4.59. The molecule has 0 bridgehead atoms. The Balaban J connectivity index is 1.33. The Morgan fingerprint density at radius 1 is 1.28 bits per heavy atom. The summed E-state index contributed by atoms with van der Waals surface area (Å²) >= 11 is 4.89. The summed E-state index contributed by atoms with van der Waals surface area (Å²) in [6.07, 6.45) is 3.95. The van der Waals surface area contributed by atoms with Gasteiger partial charge in [-0.3, -0.25) is 9.59 Å². The second-order valence-corrected chi connectivity index (χ2v) is 8.34. The van der Waals surface area contributed by atoms with Crippen LogP contribution >= 0.6 is 12.2 Å². The molecule has 2 saturated heterocycles. The van der Waals surface area contributed by atoms with E-state index in [1.54, 1.807) is 4.90 Å². The highest BCUT2D eigenvalue weighted by molar-refractivity contribution is 7.80. The topological polar surface area (TPSA) is 82.8 Å². The Morgan fingerprint density at radius 2 is 2.10 bits per heavy atom. The molecule has 6 nitrogen and oxygen atoms in total. The van der Waals surface area contributed by atoms with Crippen LogP contribution in [0.25, 0.3) is 11.0 Å². The fourth-order valence-corrected chi connectivity index (χ4v) is 4.84. The number of furan rings is 1. The smallest absolute Gasteiger partial charge is 0.223 e. The van der Waals surface area contributed by atoms with Crippen molar-refractivity contribution in [2.45, 2.75) is 50.6 Å². The molecular weight excluding hydrogens is 388 g/mol. The molecule has 0 spiro atoms. The average molecular weight is 415 g/mol. The summed E-state index contributed by atoms with van der Waals surface area (Å²) in [7, 11) is 0. The molecule has 7 heteroatoms. The number of likely N-dealkylation sites (tertiary alicyclic amines) is 1. The minimum Gasteiger partial charge on any atom is -0.501 e. The number of aliphatic hydroxyl groups is 1. The molecule has 2 fully saturated rings. The predicted octanol–water partition coefficient (Wildman–Crippen LogP) is 3.18. The van der Waals surface area contributed by atoms with Crippen molar-refractivity contribution in [3.63, 3.8) is 0 Å². The maximum Gasteiger partial charge on any atom is 0.223 e. The summed E-state index contributed by atoms with van der Waals surface area (Å²) in [6, 6.07) is 9.03. The number of carbonyl (C=O) groups is 2. The molecule has 154 valence electrons. The Bertz CT molecular complexity index is 891. The minimum absolute atomic E-state index is 0.0195. The van der Waals surface area contributed by atoms with Gasteiger partial charge in [0, 0.05) is 30.7 Å². The maximum atomic E-state index is 13.1. The van der Waals surface area contributed by atoms with Crippen molar-refractivity contribution < 1.29 is 19.1 Å². The van der Waals surface area contributed by atoms with Gasteiger partial charge in [0.25, 0.3) is 0 Å². The minimum atomic E-state index is -0.469. The number of nitrogens with one attached hydrogen (secondary N) is 1. The number of Topliss-reactive ketones (excluding diaryl/α,β-unsaturated/α-hetero) is 1. The molecule has 0 aliphatic carbocycles. The Kier molecular flexibility index (Phi) is 5.96. The van der Waals surface area contributed by atoms with Gasteiger partial charge in [0.2, 0.25) is 5.91 Å². The van der Waals surface area contributed by atoms with Crippen LogP contribution in [0.2, 0.25) is 0 Å². The molecule has 2 N–H and O–H groups in total. The number of ketones is 1. The molecule has 1 amide bonds. The molecule has 0 radical (unpaired) electrons. The van der Waals surface area contributed by atoms with Gasteiger partial charge in [-0.1, -0.05) is 18.2 Å². The SMILES string of the molecule is O=C(C1CCN[C@@H]1C(O)=S)[C@@H]1CCCN1C(=O)CCCc1cc2ccccc2o1. The normalized spacial score (nSPS) is 24.3. The standard InChI is InChI=1S/C22H26N2O4S/c25-19(9-3-6-15-13-14-5-1-2-8-18(14)28-15)24-12-4-7-17(24)21(26)16-10-11-23-20(16)22(27)29/h1-2,5,8,13,16-17,20,23H,3-4,6-7,9-12H2,(H,27,29)/t16?,17-,20-/m0/s1. The number of hydrogen-bond acceptors (Lipinski definition) is 5. The lowest BCUT2D eigenvalue weighted by molar-refractivity contribution is -0.139. The van der Waals surface area contributed by atoms with E-state index < -0.39 is 12.1 Å². The van der Waals surface area contributed by atoms with Crippen LogP contribution in [0, 0.1) is 5.92 Å². The Hall–Kier alpha value is -2.25. The molecule has 2 aromatic rings. The molecule has 1 unspecified atom stereocenters. The van der Waals surface area contributed by atoms with Crippen LogP contribution in [0.15, 0.2) is 34.7 Å². The summed E-state index contributed by atoms with van der Waals surface area (Å²) in [5, 5.41) is 13.7. The average Bonchev–Trinajstić information content (AvgIpc) is 3.45. The molecule has 1 aromatic heterocycles. The first-order chi connectivity index (χ1) is 14.0. The third-order valence-corrected chi connectivity index (χ3v) is 6.30. The largest absolute Gasteiger partial charge is 0.501 e.